The molecule has 6 nitrogen and oxygen atoms in total. The normalized spacial score (nSPS) is 12.9. The lowest BCUT2D eigenvalue weighted by atomic mass is 10.0. The van der Waals surface area contributed by atoms with Crippen LogP contribution in [0.25, 0.3) is 0 Å². The maximum absolute atomic E-state index is 11.6. The average Bonchev–Trinajstić information content (AvgIpc) is 2.29. The van der Waals surface area contributed by atoms with Crippen LogP contribution < -0.4 is 5.32 Å². The van der Waals surface area contributed by atoms with Gasteiger partial charge in [0, 0.05) is 18.0 Å². The summed E-state index contributed by atoms with van der Waals surface area (Å²) >= 11 is 17.5. The third kappa shape index (κ3) is 5.82. The van der Waals surface area contributed by atoms with Crippen molar-refractivity contribution in [2.75, 3.05) is 13.2 Å². The molecule has 1 heterocycles. The predicted molar refractivity (Wildman–Crippen MR) is 81.1 cm³/mol. The van der Waals surface area contributed by atoms with Crippen LogP contribution in [0.2, 0.25) is 15.6 Å². The average molecular weight is 357 g/mol. The molecular formula is C12H16Cl3N3O3. The van der Waals surface area contributed by atoms with Crippen LogP contribution in [0.15, 0.2) is 0 Å². The molecular weight excluding hydrogens is 341 g/mol. The van der Waals surface area contributed by atoms with Gasteiger partial charge in [-0.2, -0.15) is 0 Å². The summed E-state index contributed by atoms with van der Waals surface area (Å²) in [6.45, 7) is 5.00. The Labute approximate surface area is 137 Å². The third-order valence-electron chi connectivity index (χ3n) is 2.35. The number of hydrogen-bond donors (Lipinski definition) is 2. The Balaban J connectivity index is 2.79. The van der Waals surface area contributed by atoms with Crippen LogP contribution >= 0.6 is 34.8 Å². The smallest absolute Gasteiger partial charge is 0.407 e. The highest BCUT2D eigenvalue weighted by Gasteiger charge is 2.23. The van der Waals surface area contributed by atoms with Crippen LogP contribution in [0.1, 0.15) is 32.3 Å². The van der Waals surface area contributed by atoms with Crippen LogP contribution in [0.3, 0.4) is 0 Å². The number of nitrogens with one attached hydrogen (secondary N) is 1. The fourth-order valence-electron chi connectivity index (χ4n) is 1.51. The van der Waals surface area contributed by atoms with E-state index in [9.17, 15) is 9.90 Å². The number of halogens is 3. The molecule has 0 radical (unpaired) electrons. The maximum atomic E-state index is 11.6. The minimum absolute atomic E-state index is 0.0324. The fraction of sp³-hybridized carbons (Fsp3) is 0.583. The van der Waals surface area contributed by atoms with Crippen molar-refractivity contribution in [3.63, 3.8) is 0 Å². The van der Waals surface area contributed by atoms with Crippen LogP contribution in [0, 0.1) is 0 Å². The van der Waals surface area contributed by atoms with Crippen LogP contribution in [-0.4, -0.2) is 39.9 Å². The van der Waals surface area contributed by atoms with Crippen LogP contribution in [-0.2, 0) is 4.74 Å². The quantitative estimate of drug-likeness (QED) is 0.640. The Morgan fingerprint density at radius 1 is 1.29 bits per heavy atom. The first-order chi connectivity index (χ1) is 9.64. The number of ether oxygens (including phenoxy) is 1. The van der Waals surface area contributed by atoms with Crippen molar-refractivity contribution >= 4 is 40.9 Å². The van der Waals surface area contributed by atoms with E-state index in [0.717, 1.165) is 0 Å². The second-order valence-electron chi connectivity index (χ2n) is 5.25. The van der Waals surface area contributed by atoms with E-state index in [2.05, 4.69) is 15.3 Å². The third-order valence-corrected chi connectivity index (χ3v) is 3.09. The van der Waals surface area contributed by atoms with E-state index in [0.29, 0.717) is 5.56 Å². The summed E-state index contributed by atoms with van der Waals surface area (Å²) in [5, 5.41) is 11.9. The number of alkyl carbamates (subject to hydrolysis) is 1. The summed E-state index contributed by atoms with van der Waals surface area (Å²) in [5.74, 6) is -0.574. The fourth-order valence-corrected chi connectivity index (χ4v) is 2.46. The van der Waals surface area contributed by atoms with Crippen molar-refractivity contribution in [1.29, 1.82) is 0 Å². The van der Waals surface area contributed by atoms with Gasteiger partial charge in [0.1, 0.15) is 15.9 Å². The van der Waals surface area contributed by atoms with Gasteiger partial charge in [-0.05, 0) is 32.4 Å². The van der Waals surface area contributed by atoms with E-state index in [4.69, 9.17) is 39.5 Å². The predicted octanol–water partition coefficient (Wildman–Crippen LogP) is 3.04. The highest BCUT2D eigenvalue weighted by Crippen LogP contribution is 2.29. The number of aliphatic hydroxyl groups excluding tert-OH is 1. The van der Waals surface area contributed by atoms with Crippen molar-refractivity contribution in [1.82, 2.24) is 15.3 Å². The molecule has 0 fully saturated rings. The van der Waals surface area contributed by atoms with Gasteiger partial charge in [-0.3, -0.25) is 0 Å². The lowest BCUT2D eigenvalue weighted by molar-refractivity contribution is 0.0521. The van der Waals surface area contributed by atoms with Crippen molar-refractivity contribution in [2.45, 2.75) is 32.3 Å². The van der Waals surface area contributed by atoms with E-state index in [1.165, 1.54) is 0 Å². The molecule has 0 aromatic carbocycles. The Morgan fingerprint density at radius 3 is 2.24 bits per heavy atom. The van der Waals surface area contributed by atoms with E-state index >= 15 is 0 Å². The Kier molecular flexibility index (Phi) is 6.46. The van der Waals surface area contributed by atoms with Gasteiger partial charge in [0.05, 0.1) is 6.61 Å². The molecule has 1 aromatic rings. The van der Waals surface area contributed by atoms with E-state index in [-0.39, 0.29) is 28.7 Å². The molecule has 0 aliphatic heterocycles. The molecule has 1 aromatic heterocycles. The molecule has 0 bridgehead atoms. The van der Waals surface area contributed by atoms with Gasteiger partial charge >= 0.3 is 6.09 Å². The molecule has 0 saturated heterocycles. The van der Waals surface area contributed by atoms with Crippen molar-refractivity contribution in [2.24, 2.45) is 0 Å². The molecule has 1 atom stereocenters. The van der Waals surface area contributed by atoms with Gasteiger partial charge in [0.25, 0.3) is 0 Å². The number of aliphatic hydroxyl groups is 1. The zero-order chi connectivity index (χ0) is 16.2. The SMILES string of the molecule is CC(C)(C)OC(=O)NC[C@@H](CO)c1c(Cl)nc(Cl)nc1Cl. The number of nitrogens with zero attached hydrogens (tertiary/aromatic N) is 2. The van der Waals surface area contributed by atoms with Gasteiger partial charge in [-0.15, -0.1) is 0 Å². The summed E-state index contributed by atoms with van der Waals surface area (Å²) in [4.78, 5) is 19.1. The maximum Gasteiger partial charge on any atom is 0.407 e. The molecule has 0 aliphatic carbocycles. The summed E-state index contributed by atoms with van der Waals surface area (Å²) in [6.07, 6.45) is -0.608. The van der Waals surface area contributed by atoms with Crippen molar-refractivity contribution in [3.8, 4) is 0 Å². The van der Waals surface area contributed by atoms with Crippen molar-refractivity contribution < 1.29 is 14.6 Å². The summed E-state index contributed by atoms with van der Waals surface area (Å²) in [7, 11) is 0. The summed E-state index contributed by atoms with van der Waals surface area (Å²) in [5.41, 5.74) is -0.293. The highest BCUT2D eigenvalue weighted by atomic mass is 35.5. The molecule has 118 valence electrons. The Bertz CT molecular complexity index is 497. The topological polar surface area (TPSA) is 84.3 Å². The second kappa shape index (κ2) is 7.45. The number of hydrogen-bond acceptors (Lipinski definition) is 5. The number of rotatable bonds is 4. The zero-order valence-corrected chi connectivity index (χ0v) is 14.1. The van der Waals surface area contributed by atoms with Crippen molar-refractivity contribution in [3.05, 3.63) is 21.2 Å². The van der Waals surface area contributed by atoms with Gasteiger partial charge in [-0.25, -0.2) is 14.8 Å². The van der Waals surface area contributed by atoms with Gasteiger partial charge in [0.15, 0.2) is 0 Å². The molecule has 0 saturated carbocycles. The highest BCUT2D eigenvalue weighted by molar-refractivity contribution is 6.36. The van der Waals surface area contributed by atoms with E-state index in [1.54, 1.807) is 20.8 Å². The van der Waals surface area contributed by atoms with Gasteiger partial charge < -0.3 is 15.2 Å². The zero-order valence-electron chi connectivity index (χ0n) is 11.8. The summed E-state index contributed by atoms with van der Waals surface area (Å²) < 4.78 is 5.10. The van der Waals surface area contributed by atoms with Crippen LogP contribution in [0.4, 0.5) is 4.79 Å². The van der Waals surface area contributed by atoms with Crippen LogP contribution in [0.5, 0.6) is 0 Å². The second-order valence-corrected chi connectivity index (χ2v) is 6.30. The monoisotopic (exact) mass is 355 g/mol. The summed E-state index contributed by atoms with van der Waals surface area (Å²) in [6, 6.07) is 0. The van der Waals surface area contributed by atoms with Gasteiger partial charge in [0.2, 0.25) is 5.28 Å². The molecule has 0 unspecified atom stereocenters. The van der Waals surface area contributed by atoms with E-state index < -0.39 is 17.6 Å². The standard InChI is InChI=1S/C12H16Cl3N3O3/c1-12(2,3)21-11(20)16-4-6(5-19)7-8(13)17-10(15)18-9(7)14/h6,19H,4-5H2,1-3H3,(H,16,20)/t6-/m0/s1. The minimum Gasteiger partial charge on any atom is -0.444 e. The molecule has 2 N–H and O–H groups in total. The number of amides is 1. The molecule has 0 spiro atoms. The molecule has 21 heavy (non-hydrogen) atoms. The first-order valence-electron chi connectivity index (χ1n) is 6.10. The van der Waals surface area contributed by atoms with E-state index in [1.807, 2.05) is 0 Å². The minimum atomic E-state index is -0.614. The molecule has 1 rings (SSSR count). The largest absolute Gasteiger partial charge is 0.444 e. The number of carbonyl (C=O) groups is 1. The molecule has 0 aliphatic rings. The Morgan fingerprint density at radius 2 is 1.81 bits per heavy atom. The Hall–Kier alpha value is -0.820. The number of aromatic nitrogens is 2. The first kappa shape index (κ1) is 18.2. The molecule has 9 heteroatoms. The first-order valence-corrected chi connectivity index (χ1v) is 7.23. The lowest BCUT2D eigenvalue weighted by Crippen LogP contribution is -2.35. The molecule has 1 amide bonds. The lowest BCUT2D eigenvalue weighted by Gasteiger charge is -2.22. The van der Waals surface area contributed by atoms with Gasteiger partial charge in [-0.1, -0.05) is 23.2 Å². The number of carbonyl (C=O) groups excluding carboxylic acids is 1.